The first-order chi connectivity index (χ1) is 8.66. The second-order valence-corrected chi connectivity index (χ2v) is 4.78. The van der Waals surface area contributed by atoms with Crippen molar-refractivity contribution in [1.82, 2.24) is 0 Å². The van der Waals surface area contributed by atoms with Crippen LogP contribution in [0.15, 0.2) is 18.2 Å². The number of nitrogens with two attached hydrogens (primary N) is 1. The summed E-state index contributed by atoms with van der Waals surface area (Å²) >= 11 is 0. The summed E-state index contributed by atoms with van der Waals surface area (Å²) < 4.78 is 24.7. The Morgan fingerprint density at radius 2 is 2.33 bits per heavy atom. The quantitative estimate of drug-likeness (QED) is 0.897. The molecular weight excluding hydrogens is 233 g/mol. The number of hydrogen-bond donors (Lipinski definition) is 1. The van der Waals surface area contributed by atoms with Crippen LogP contribution >= 0.6 is 0 Å². The van der Waals surface area contributed by atoms with Gasteiger partial charge in [-0.25, -0.2) is 4.39 Å². The average molecular weight is 253 g/mol. The van der Waals surface area contributed by atoms with Crippen LogP contribution in [-0.4, -0.2) is 19.3 Å². The van der Waals surface area contributed by atoms with Gasteiger partial charge in [0.25, 0.3) is 0 Å². The predicted octanol–water partition coefficient (Wildman–Crippen LogP) is 2.79. The number of rotatable bonds is 4. The summed E-state index contributed by atoms with van der Waals surface area (Å²) in [6.45, 7) is 3.01. The number of ether oxygens (including phenoxy) is 2. The standard InChI is InChI=1S/C14H20FNO2/c1-10(16)11-5-6-14(13(15)8-11)18-9-12-4-2-3-7-17-12/h5-6,8,10,12H,2-4,7,9,16H2,1H3/t10-,12?/m0/s1. The first-order valence-corrected chi connectivity index (χ1v) is 6.46. The fourth-order valence-corrected chi connectivity index (χ4v) is 2.04. The molecule has 0 bridgehead atoms. The molecule has 2 atom stereocenters. The fraction of sp³-hybridized carbons (Fsp3) is 0.571. The third-order valence-corrected chi connectivity index (χ3v) is 3.18. The van der Waals surface area contributed by atoms with Gasteiger partial charge in [-0.05, 0) is 43.9 Å². The molecule has 4 heteroatoms. The molecule has 1 fully saturated rings. The molecule has 0 amide bonds. The molecule has 2 rings (SSSR count). The highest BCUT2D eigenvalue weighted by Crippen LogP contribution is 2.22. The monoisotopic (exact) mass is 253 g/mol. The molecular formula is C14H20FNO2. The lowest BCUT2D eigenvalue weighted by Gasteiger charge is -2.22. The van der Waals surface area contributed by atoms with E-state index in [-0.39, 0.29) is 23.7 Å². The van der Waals surface area contributed by atoms with Crippen molar-refractivity contribution in [3.63, 3.8) is 0 Å². The fourth-order valence-electron chi connectivity index (χ4n) is 2.04. The molecule has 0 radical (unpaired) electrons. The van der Waals surface area contributed by atoms with Gasteiger partial charge < -0.3 is 15.2 Å². The van der Waals surface area contributed by atoms with Crippen molar-refractivity contribution in [3.8, 4) is 5.75 Å². The van der Waals surface area contributed by atoms with Crippen LogP contribution < -0.4 is 10.5 Å². The van der Waals surface area contributed by atoms with Crippen LogP contribution in [0, 0.1) is 5.82 Å². The van der Waals surface area contributed by atoms with E-state index in [2.05, 4.69) is 0 Å². The molecule has 18 heavy (non-hydrogen) atoms. The molecule has 0 spiro atoms. The van der Waals surface area contributed by atoms with Gasteiger partial charge in [0, 0.05) is 12.6 Å². The largest absolute Gasteiger partial charge is 0.488 e. The lowest BCUT2D eigenvalue weighted by Crippen LogP contribution is -2.26. The van der Waals surface area contributed by atoms with Gasteiger partial charge in [-0.15, -0.1) is 0 Å². The number of hydrogen-bond acceptors (Lipinski definition) is 3. The van der Waals surface area contributed by atoms with Crippen molar-refractivity contribution < 1.29 is 13.9 Å². The maximum Gasteiger partial charge on any atom is 0.165 e. The van der Waals surface area contributed by atoms with Crippen molar-refractivity contribution in [2.75, 3.05) is 13.2 Å². The average Bonchev–Trinajstić information content (AvgIpc) is 2.38. The highest BCUT2D eigenvalue weighted by atomic mass is 19.1. The second kappa shape index (κ2) is 6.16. The highest BCUT2D eigenvalue weighted by Gasteiger charge is 2.15. The van der Waals surface area contributed by atoms with Crippen molar-refractivity contribution in [2.45, 2.75) is 38.3 Å². The van der Waals surface area contributed by atoms with E-state index in [9.17, 15) is 4.39 Å². The normalized spacial score (nSPS) is 21.6. The molecule has 1 unspecified atom stereocenters. The zero-order valence-electron chi connectivity index (χ0n) is 10.7. The Labute approximate surface area is 107 Å². The molecule has 1 heterocycles. The Morgan fingerprint density at radius 3 is 2.94 bits per heavy atom. The first kappa shape index (κ1) is 13.3. The molecule has 1 saturated heterocycles. The molecule has 0 aliphatic carbocycles. The van der Waals surface area contributed by atoms with E-state index in [1.165, 1.54) is 6.07 Å². The van der Waals surface area contributed by atoms with E-state index in [4.69, 9.17) is 15.2 Å². The van der Waals surface area contributed by atoms with E-state index in [1.54, 1.807) is 12.1 Å². The van der Waals surface area contributed by atoms with Crippen LogP contribution in [0.4, 0.5) is 4.39 Å². The van der Waals surface area contributed by atoms with Gasteiger partial charge in [0.05, 0.1) is 6.10 Å². The summed E-state index contributed by atoms with van der Waals surface area (Å²) in [6.07, 6.45) is 3.33. The van der Waals surface area contributed by atoms with Crippen LogP contribution in [0.3, 0.4) is 0 Å². The lowest BCUT2D eigenvalue weighted by atomic mass is 10.1. The van der Waals surface area contributed by atoms with Gasteiger partial charge in [0.1, 0.15) is 6.61 Å². The summed E-state index contributed by atoms with van der Waals surface area (Å²) in [4.78, 5) is 0. The van der Waals surface area contributed by atoms with Gasteiger partial charge in [-0.3, -0.25) is 0 Å². The van der Waals surface area contributed by atoms with E-state index in [0.29, 0.717) is 6.61 Å². The zero-order valence-corrected chi connectivity index (χ0v) is 10.7. The third-order valence-electron chi connectivity index (χ3n) is 3.18. The molecule has 1 aromatic carbocycles. The van der Waals surface area contributed by atoms with Crippen molar-refractivity contribution in [2.24, 2.45) is 5.73 Å². The maximum absolute atomic E-state index is 13.7. The van der Waals surface area contributed by atoms with Crippen molar-refractivity contribution in [3.05, 3.63) is 29.6 Å². The Balaban J connectivity index is 1.92. The van der Waals surface area contributed by atoms with E-state index in [1.807, 2.05) is 6.92 Å². The Hall–Kier alpha value is -1.13. The van der Waals surface area contributed by atoms with E-state index in [0.717, 1.165) is 31.4 Å². The van der Waals surface area contributed by atoms with Crippen LogP contribution in [0.1, 0.15) is 37.8 Å². The molecule has 2 N–H and O–H groups in total. The summed E-state index contributed by atoms with van der Waals surface area (Å²) in [6, 6.07) is 4.69. The molecule has 3 nitrogen and oxygen atoms in total. The molecule has 1 aliphatic heterocycles. The third kappa shape index (κ3) is 3.43. The first-order valence-electron chi connectivity index (χ1n) is 6.46. The van der Waals surface area contributed by atoms with Crippen LogP contribution in [0.25, 0.3) is 0 Å². The number of benzene rings is 1. The van der Waals surface area contributed by atoms with Gasteiger partial charge in [0.2, 0.25) is 0 Å². The highest BCUT2D eigenvalue weighted by molar-refractivity contribution is 5.30. The molecule has 100 valence electrons. The summed E-state index contributed by atoms with van der Waals surface area (Å²) in [5, 5.41) is 0. The van der Waals surface area contributed by atoms with Gasteiger partial charge in [0.15, 0.2) is 11.6 Å². The Morgan fingerprint density at radius 1 is 1.50 bits per heavy atom. The maximum atomic E-state index is 13.7. The molecule has 1 aliphatic rings. The van der Waals surface area contributed by atoms with E-state index >= 15 is 0 Å². The van der Waals surface area contributed by atoms with Gasteiger partial charge in [-0.2, -0.15) is 0 Å². The summed E-state index contributed by atoms with van der Waals surface area (Å²) in [5.41, 5.74) is 6.47. The van der Waals surface area contributed by atoms with Gasteiger partial charge >= 0.3 is 0 Å². The predicted molar refractivity (Wildman–Crippen MR) is 68.1 cm³/mol. The second-order valence-electron chi connectivity index (χ2n) is 4.78. The lowest BCUT2D eigenvalue weighted by molar-refractivity contribution is -0.0117. The minimum absolute atomic E-state index is 0.0891. The molecule has 0 aromatic heterocycles. The summed E-state index contributed by atoms with van der Waals surface area (Å²) in [5.74, 6) is -0.0887. The van der Waals surface area contributed by atoms with Crippen LogP contribution in [0.2, 0.25) is 0 Å². The van der Waals surface area contributed by atoms with E-state index < -0.39 is 0 Å². The molecule has 0 saturated carbocycles. The Kier molecular flexibility index (Phi) is 4.55. The van der Waals surface area contributed by atoms with Crippen LogP contribution in [-0.2, 0) is 4.74 Å². The SMILES string of the molecule is C[C@H](N)c1ccc(OCC2CCCCO2)c(F)c1. The topological polar surface area (TPSA) is 44.5 Å². The minimum Gasteiger partial charge on any atom is -0.488 e. The smallest absolute Gasteiger partial charge is 0.165 e. The Bertz CT molecular complexity index is 389. The van der Waals surface area contributed by atoms with Crippen molar-refractivity contribution in [1.29, 1.82) is 0 Å². The minimum atomic E-state index is -0.361. The van der Waals surface area contributed by atoms with Crippen molar-refractivity contribution >= 4 is 0 Å². The van der Waals surface area contributed by atoms with Gasteiger partial charge in [-0.1, -0.05) is 6.07 Å². The summed E-state index contributed by atoms with van der Waals surface area (Å²) in [7, 11) is 0. The van der Waals surface area contributed by atoms with Crippen LogP contribution in [0.5, 0.6) is 5.75 Å². The number of halogens is 1. The zero-order chi connectivity index (χ0) is 13.0. The molecule has 1 aromatic rings.